The molecule has 0 spiro atoms. The van der Waals surface area contributed by atoms with E-state index in [0.717, 1.165) is 11.1 Å². The predicted octanol–water partition coefficient (Wildman–Crippen LogP) is 4.57. The molecule has 0 fully saturated rings. The van der Waals surface area contributed by atoms with E-state index in [1.807, 2.05) is 60.8 Å². The number of thiazole rings is 1. The van der Waals surface area contributed by atoms with E-state index in [9.17, 15) is 4.79 Å². The summed E-state index contributed by atoms with van der Waals surface area (Å²) in [5.41, 5.74) is 1.80. The summed E-state index contributed by atoms with van der Waals surface area (Å²) in [6, 6.07) is 14.8. The van der Waals surface area contributed by atoms with Crippen LogP contribution >= 0.6 is 11.3 Å². The first-order valence-corrected chi connectivity index (χ1v) is 10.1. The second-order valence-corrected chi connectivity index (χ2v) is 7.72. The minimum absolute atomic E-state index is 0.411. The van der Waals surface area contributed by atoms with Crippen LogP contribution in [0, 0.1) is 0 Å². The van der Waals surface area contributed by atoms with Gasteiger partial charge in [-0.15, -0.1) is 11.3 Å². The summed E-state index contributed by atoms with van der Waals surface area (Å²) in [7, 11) is 5.45. The van der Waals surface area contributed by atoms with E-state index in [1.165, 1.54) is 11.3 Å². The van der Waals surface area contributed by atoms with E-state index < -0.39 is 5.63 Å². The third-order valence-electron chi connectivity index (χ3n) is 4.33. The van der Waals surface area contributed by atoms with Crippen LogP contribution in [0.5, 0.6) is 11.5 Å². The van der Waals surface area contributed by atoms with Crippen LogP contribution in [0.15, 0.2) is 63.1 Å². The molecule has 0 bridgehead atoms. The van der Waals surface area contributed by atoms with Crippen LogP contribution in [0.3, 0.4) is 0 Å². The number of anilines is 2. The maximum absolute atomic E-state index is 12.6. The first-order valence-electron chi connectivity index (χ1n) is 9.25. The van der Waals surface area contributed by atoms with Crippen LogP contribution in [0.25, 0.3) is 22.2 Å². The second kappa shape index (κ2) is 8.56. The fourth-order valence-corrected chi connectivity index (χ4v) is 3.60. The van der Waals surface area contributed by atoms with Gasteiger partial charge in [-0.05, 0) is 44.4 Å². The van der Waals surface area contributed by atoms with Gasteiger partial charge in [0.2, 0.25) is 0 Å². The molecule has 2 aromatic carbocycles. The molecule has 4 aromatic rings. The summed E-state index contributed by atoms with van der Waals surface area (Å²) in [5.74, 6) is 1.36. The molecule has 154 valence electrons. The smallest absolute Gasteiger partial charge is 0.345 e. The second-order valence-electron chi connectivity index (χ2n) is 6.86. The van der Waals surface area contributed by atoms with Crippen molar-refractivity contribution in [2.75, 3.05) is 33.3 Å². The zero-order valence-electron chi connectivity index (χ0n) is 16.8. The highest BCUT2D eigenvalue weighted by Crippen LogP contribution is 2.31. The van der Waals surface area contributed by atoms with E-state index >= 15 is 0 Å². The first-order chi connectivity index (χ1) is 14.5. The zero-order chi connectivity index (χ0) is 21.1. The number of para-hydroxylation sites is 2. The molecular weight excluding hydrogens is 402 g/mol. The number of ether oxygens (including phenoxy) is 2. The van der Waals surface area contributed by atoms with Gasteiger partial charge < -0.3 is 19.2 Å². The van der Waals surface area contributed by atoms with E-state index in [0.29, 0.717) is 40.2 Å². The van der Waals surface area contributed by atoms with Crippen LogP contribution in [0.1, 0.15) is 0 Å². The van der Waals surface area contributed by atoms with Crippen LogP contribution in [0.4, 0.5) is 10.8 Å². The third kappa shape index (κ3) is 4.29. The molecule has 0 atom stereocenters. The van der Waals surface area contributed by atoms with Crippen molar-refractivity contribution in [2.24, 2.45) is 0 Å². The van der Waals surface area contributed by atoms with Crippen molar-refractivity contribution in [1.29, 1.82) is 0 Å². The molecule has 2 aromatic heterocycles. The van der Waals surface area contributed by atoms with Gasteiger partial charge in [-0.3, -0.25) is 4.90 Å². The largest absolute Gasteiger partial charge is 0.495 e. The lowest BCUT2D eigenvalue weighted by Crippen LogP contribution is -2.18. The minimum Gasteiger partial charge on any atom is -0.495 e. The van der Waals surface area contributed by atoms with Gasteiger partial charge >= 0.3 is 5.63 Å². The number of hydrogen-bond donors (Lipinski definition) is 1. The van der Waals surface area contributed by atoms with Crippen molar-refractivity contribution in [3.63, 3.8) is 0 Å². The minimum atomic E-state index is -0.443. The first kappa shape index (κ1) is 19.9. The molecule has 0 aliphatic heterocycles. The average Bonchev–Trinajstić information content (AvgIpc) is 3.20. The topological polar surface area (TPSA) is 76.8 Å². The zero-order valence-corrected chi connectivity index (χ0v) is 17.7. The fraction of sp³-hybridized carbons (Fsp3) is 0.182. The Morgan fingerprint density at radius 1 is 1.17 bits per heavy atom. The van der Waals surface area contributed by atoms with Crippen molar-refractivity contribution >= 4 is 33.1 Å². The van der Waals surface area contributed by atoms with Gasteiger partial charge in [-0.25, -0.2) is 9.78 Å². The van der Waals surface area contributed by atoms with E-state index in [-0.39, 0.29) is 0 Å². The Labute approximate surface area is 177 Å². The lowest BCUT2D eigenvalue weighted by atomic mass is 10.1. The average molecular weight is 423 g/mol. The molecule has 0 aliphatic carbocycles. The Bertz CT molecular complexity index is 1230. The van der Waals surface area contributed by atoms with Crippen LogP contribution < -0.4 is 20.4 Å². The molecule has 0 aliphatic rings. The molecule has 8 heteroatoms. The van der Waals surface area contributed by atoms with Crippen molar-refractivity contribution in [2.45, 2.75) is 0 Å². The van der Waals surface area contributed by atoms with Crippen LogP contribution in [0.2, 0.25) is 0 Å². The Morgan fingerprint density at radius 3 is 2.80 bits per heavy atom. The van der Waals surface area contributed by atoms with Crippen molar-refractivity contribution in [1.82, 2.24) is 9.88 Å². The summed E-state index contributed by atoms with van der Waals surface area (Å²) in [5, 5.41) is 6.51. The van der Waals surface area contributed by atoms with Crippen LogP contribution in [-0.4, -0.2) is 37.8 Å². The van der Waals surface area contributed by atoms with Gasteiger partial charge in [-0.2, -0.15) is 0 Å². The third-order valence-corrected chi connectivity index (χ3v) is 5.08. The van der Waals surface area contributed by atoms with Gasteiger partial charge in [0.05, 0.1) is 24.1 Å². The van der Waals surface area contributed by atoms with Gasteiger partial charge in [-0.1, -0.05) is 12.1 Å². The highest BCUT2D eigenvalue weighted by molar-refractivity contribution is 7.14. The van der Waals surface area contributed by atoms with Gasteiger partial charge in [0.1, 0.15) is 23.8 Å². The normalized spacial score (nSPS) is 11.1. The number of nitrogens with zero attached hydrogens (tertiary/aromatic N) is 2. The lowest BCUT2D eigenvalue weighted by molar-refractivity contribution is 0.179. The Kier molecular flexibility index (Phi) is 5.69. The summed E-state index contributed by atoms with van der Waals surface area (Å²) in [6.07, 6.45) is 0. The van der Waals surface area contributed by atoms with Gasteiger partial charge in [0, 0.05) is 16.8 Å². The van der Waals surface area contributed by atoms with Crippen molar-refractivity contribution in [3.05, 3.63) is 64.3 Å². The molecule has 1 N–H and O–H groups in total. The number of methoxy groups -OCH3 is 1. The molecule has 0 saturated carbocycles. The molecule has 7 nitrogen and oxygen atoms in total. The maximum Gasteiger partial charge on any atom is 0.345 e. The quantitative estimate of drug-likeness (QED) is 0.345. The Balaban J connectivity index is 1.61. The molecule has 0 unspecified atom stereocenters. The standard InChI is InChI=1S/C22H21N3O4S/c1-25(2)13-28-15-9-8-14-10-16(21(26)29-20(14)11-15)18-12-30-22(24-18)23-17-6-4-5-7-19(17)27-3/h4-12H,13H2,1-3H3,(H,23,24). The van der Waals surface area contributed by atoms with E-state index in [1.54, 1.807) is 19.2 Å². The molecule has 0 amide bonds. The van der Waals surface area contributed by atoms with Gasteiger partial charge in [0.25, 0.3) is 0 Å². The fourth-order valence-electron chi connectivity index (χ4n) is 2.88. The summed E-state index contributed by atoms with van der Waals surface area (Å²) in [4.78, 5) is 19.0. The number of hydrogen-bond acceptors (Lipinski definition) is 8. The lowest BCUT2D eigenvalue weighted by Gasteiger charge is -2.11. The molecule has 0 radical (unpaired) electrons. The van der Waals surface area contributed by atoms with Crippen molar-refractivity contribution < 1.29 is 13.9 Å². The predicted molar refractivity (Wildman–Crippen MR) is 119 cm³/mol. The number of benzene rings is 2. The SMILES string of the molecule is COc1ccccc1Nc1nc(-c2cc3ccc(OCN(C)C)cc3oc2=O)cs1. The highest BCUT2D eigenvalue weighted by atomic mass is 32.1. The summed E-state index contributed by atoms with van der Waals surface area (Å²) in [6.45, 7) is 0.439. The molecule has 4 rings (SSSR count). The highest BCUT2D eigenvalue weighted by Gasteiger charge is 2.13. The molecule has 0 saturated heterocycles. The summed E-state index contributed by atoms with van der Waals surface area (Å²) < 4.78 is 16.5. The maximum atomic E-state index is 12.6. The number of aromatic nitrogens is 1. The number of rotatable bonds is 7. The van der Waals surface area contributed by atoms with E-state index in [2.05, 4.69) is 10.3 Å². The van der Waals surface area contributed by atoms with Gasteiger partial charge in [0.15, 0.2) is 5.13 Å². The molecule has 30 heavy (non-hydrogen) atoms. The van der Waals surface area contributed by atoms with E-state index in [4.69, 9.17) is 13.9 Å². The Hall–Kier alpha value is -3.36. The molecular formula is C22H21N3O4S. The van der Waals surface area contributed by atoms with Crippen LogP contribution in [-0.2, 0) is 0 Å². The monoisotopic (exact) mass is 423 g/mol. The number of fused-ring (bicyclic) bond motifs is 1. The van der Waals surface area contributed by atoms with Crippen molar-refractivity contribution in [3.8, 4) is 22.8 Å². The number of nitrogens with one attached hydrogen (secondary N) is 1. The molecule has 2 heterocycles. The summed E-state index contributed by atoms with van der Waals surface area (Å²) >= 11 is 1.40. The Morgan fingerprint density at radius 2 is 2.00 bits per heavy atom.